The lowest BCUT2D eigenvalue weighted by Crippen LogP contribution is -2.46. The molecule has 224 valence electrons. The number of hydrogen-bond donors (Lipinski definition) is 1. The number of nitrogens with zero attached hydrogens (tertiary/aromatic N) is 2. The van der Waals surface area contributed by atoms with Crippen LogP contribution in [0.3, 0.4) is 0 Å². The SMILES string of the molecule is O=C(c1cccs1)N(Cc1cccc(-c2ccc(CNCCc3ccccc3)cc2)c1)C1CCN(Cc2ccccc2)CC1. The van der Waals surface area contributed by atoms with E-state index in [0.717, 1.165) is 56.9 Å². The topological polar surface area (TPSA) is 35.6 Å². The molecular formula is C39H41N3OS. The fourth-order valence-corrected chi connectivity index (χ4v) is 6.79. The van der Waals surface area contributed by atoms with Gasteiger partial charge in [-0.15, -0.1) is 11.3 Å². The monoisotopic (exact) mass is 599 g/mol. The minimum absolute atomic E-state index is 0.149. The van der Waals surface area contributed by atoms with E-state index < -0.39 is 0 Å². The molecule has 1 N–H and O–H groups in total. The van der Waals surface area contributed by atoms with Gasteiger partial charge in [0, 0.05) is 38.8 Å². The number of amides is 1. The van der Waals surface area contributed by atoms with Crippen LogP contribution in [-0.4, -0.2) is 41.4 Å². The van der Waals surface area contributed by atoms with E-state index in [4.69, 9.17) is 0 Å². The Labute approximate surface area is 266 Å². The zero-order chi connectivity index (χ0) is 30.0. The Morgan fingerprint density at radius 3 is 2.14 bits per heavy atom. The molecule has 1 saturated heterocycles. The number of likely N-dealkylation sites (tertiary alicyclic amines) is 1. The van der Waals surface area contributed by atoms with Gasteiger partial charge in [-0.25, -0.2) is 0 Å². The lowest BCUT2D eigenvalue weighted by Gasteiger charge is -2.38. The predicted octanol–water partition coefficient (Wildman–Crippen LogP) is 8.05. The molecule has 0 atom stereocenters. The van der Waals surface area contributed by atoms with E-state index in [1.165, 1.54) is 44.7 Å². The molecule has 0 unspecified atom stereocenters. The van der Waals surface area contributed by atoms with Crippen molar-refractivity contribution in [1.82, 2.24) is 15.1 Å². The van der Waals surface area contributed by atoms with Gasteiger partial charge in [-0.3, -0.25) is 9.69 Å². The molecule has 1 fully saturated rings. The van der Waals surface area contributed by atoms with Gasteiger partial charge >= 0.3 is 0 Å². The fraction of sp³-hybridized carbons (Fsp3) is 0.256. The Morgan fingerprint density at radius 1 is 0.727 bits per heavy atom. The van der Waals surface area contributed by atoms with Crippen LogP contribution in [0.15, 0.2) is 127 Å². The number of piperidine rings is 1. The number of carbonyl (C=O) groups excluding carboxylic acids is 1. The summed E-state index contributed by atoms with van der Waals surface area (Å²) in [6.07, 6.45) is 3.01. The second-order valence-corrected chi connectivity index (χ2v) is 12.7. The molecule has 2 heterocycles. The van der Waals surface area contributed by atoms with Crippen LogP contribution in [0.1, 0.15) is 44.8 Å². The van der Waals surface area contributed by atoms with Crippen molar-refractivity contribution in [1.29, 1.82) is 0 Å². The van der Waals surface area contributed by atoms with E-state index in [1.54, 1.807) is 0 Å². The van der Waals surface area contributed by atoms with Crippen LogP contribution in [0.2, 0.25) is 0 Å². The minimum Gasteiger partial charge on any atom is -0.331 e. The van der Waals surface area contributed by atoms with Crippen molar-refractivity contribution in [2.24, 2.45) is 0 Å². The number of carbonyl (C=O) groups is 1. The van der Waals surface area contributed by atoms with Crippen LogP contribution in [-0.2, 0) is 26.1 Å². The van der Waals surface area contributed by atoms with E-state index >= 15 is 0 Å². The molecule has 1 aliphatic heterocycles. The molecule has 0 bridgehead atoms. The van der Waals surface area contributed by atoms with E-state index in [0.29, 0.717) is 6.54 Å². The van der Waals surface area contributed by atoms with Gasteiger partial charge in [-0.1, -0.05) is 109 Å². The first kappa shape index (κ1) is 30.0. The highest BCUT2D eigenvalue weighted by Gasteiger charge is 2.29. The fourth-order valence-electron chi connectivity index (χ4n) is 6.11. The van der Waals surface area contributed by atoms with Gasteiger partial charge in [0.2, 0.25) is 0 Å². The van der Waals surface area contributed by atoms with E-state index in [1.807, 2.05) is 17.5 Å². The molecular weight excluding hydrogens is 559 g/mol. The van der Waals surface area contributed by atoms with Crippen LogP contribution in [0.25, 0.3) is 11.1 Å². The van der Waals surface area contributed by atoms with Gasteiger partial charge in [-0.2, -0.15) is 0 Å². The molecule has 4 nitrogen and oxygen atoms in total. The maximum Gasteiger partial charge on any atom is 0.264 e. The highest BCUT2D eigenvalue weighted by Crippen LogP contribution is 2.26. The highest BCUT2D eigenvalue weighted by molar-refractivity contribution is 7.12. The average molecular weight is 600 g/mol. The first-order chi connectivity index (χ1) is 21.7. The van der Waals surface area contributed by atoms with Crippen molar-refractivity contribution in [2.75, 3.05) is 19.6 Å². The molecule has 0 aliphatic carbocycles. The van der Waals surface area contributed by atoms with Crippen molar-refractivity contribution in [3.05, 3.63) is 154 Å². The summed E-state index contributed by atoms with van der Waals surface area (Å²) in [6.45, 7) is 5.41. The van der Waals surface area contributed by atoms with E-state index in [9.17, 15) is 4.79 Å². The maximum absolute atomic E-state index is 13.8. The summed E-state index contributed by atoms with van der Waals surface area (Å²) in [4.78, 5) is 19.3. The van der Waals surface area contributed by atoms with Gasteiger partial charge in [0.1, 0.15) is 0 Å². The minimum atomic E-state index is 0.149. The molecule has 5 heteroatoms. The van der Waals surface area contributed by atoms with E-state index in [2.05, 4.69) is 124 Å². The summed E-state index contributed by atoms with van der Waals surface area (Å²) in [5.74, 6) is 0.149. The van der Waals surface area contributed by atoms with Crippen LogP contribution >= 0.6 is 11.3 Å². The summed E-state index contributed by atoms with van der Waals surface area (Å²) in [7, 11) is 0. The number of benzene rings is 4. The average Bonchev–Trinajstić information content (AvgIpc) is 3.63. The Morgan fingerprint density at radius 2 is 1.43 bits per heavy atom. The normalized spacial score (nSPS) is 14.0. The lowest BCUT2D eigenvalue weighted by molar-refractivity contribution is 0.0547. The molecule has 44 heavy (non-hydrogen) atoms. The zero-order valence-corrected chi connectivity index (χ0v) is 26.1. The third-order valence-corrected chi connectivity index (χ3v) is 9.43. The molecule has 1 amide bonds. The number of nitrogens with one attached hydrogen (secondary N) is 1. The Balaban J connectivity index is 1.09. The summed E-state index contributed by atoms with van der Waals surface area (Å²) in [5.41, 5.74) is 7.55. The van der Waals surface area contributed by atoms with Crippen molar-refractivity contribution in [3.63, 3.8) is 0 Å². The van der Waals surface area contributed by atoms with Crippen LogP contribution in [0, 0.1) is 0 Å². The molecule has 0 radical (unpaired) electrons. The van der Waals surface area contributed by atoms with Crippen molar-refractivity contribution >= 4 is 17.2 Å². The third-order valence-electron chi connectivity index (χ3n) is 8.57. The Hall–Kier alpha value is -4.03. The molecule has 0 spiro atoms. The van der Waals surface area contributed by atoms with E-state index in [-0.39, 0.29) is 11.9 Å². The molecule has 4 aromatic carbocycles. The standard InChI is InChI=1S/C39H41N3OS/c43-39(38-15-8-26-44-38)42(37-21-24-41(25-22-37)29-33-11-5-2-6-12-33)30-34-13-7-14-36(27-34)35-18-16-32(17-19-35)28-40-23-20-31-9-3-1-4-10-31/h1-19,26-27,37,40H,20-25,28-30H2. The molecule has 1 aromatic heterocycles. The summed E-state index contributed by atoms with van der Waals surface area (Å²) < 4.78 is 0. The quantitative estimate of drug-likeness (QED) is 0.147. The van der Waals surface area contributed by atoms with Crippen molar-refractivity contribution in [3.8, 4) is 11.1 Å². The Bertz CT molecular complexity index is 1580. The summed E-state index contributed by atoms with van der Waals surface area (Å²) in [5, 5.41) is 5.57. The van der Waals surface area contributed by atoms with Gasteiger partial charge < -0.3 is 10.2 Å². The predicted molar refractivity (Wildman–Crippen MR) is 183 cm³/mol. The first-order valence-corrected chi connectivity index (χ1v) is 16.6. The Kier molecular flexibility index (Phi) is 10.3. The highest BCUT2D eigenvalue weighted by atomic mass is 32.1. The van der Waals surface area contributed by atoms with Gasteiger partial charge in [0.05, 0.1) is 4.88 Å². The second kappa shape index (κ2) is 15.1. The van der Waals surface area contributed by atoms with Crippen LogP contribution in [0.4, 0.5) is 0 Å². The lowest BCUT2D eigenvalue weighted by atomic mass is 9.99. The van der Waals surface area contributed by atoms with Crippen molar-refractivity contribution < 1.29 is 4.79 Å². The zero-order valence-electron chi connectivity index (χ0n) is 25.3. The summed E-state index contributed by atoms with van der Waals surface area (Å²) in [6, 6.07) is 43.0. The number of thiophene rings is 1. The van der Waals surface area contributed by atoms with Crippen molar-refractivity contribution in [2.45, 2.75) is 44.9 Å². The van der Waals surface area contributed by atoms with Crippen LogP contribution in [0.5, 0.6) is 0 Å². The molecule has 0 saturated carbocycles. The van der Waals surface area contributed by atoms with Gasteiger partial charge in [0.15, 0.2) is 0 Å². The largest absolute Gasteiger partial charge is 0.331 e. The first-order valence-electron chi connectivity index (χ1n) is 15.7. The van der Waals surface area contributed by atoms with Gasteiger partial charge in [-0.05, 0) is 76.7 Å². The third kappa shape index (κ3) is 8.11. The van der Waals surface area contributed by atoms with Gasteiger partial charge in [0.25, 0.3) is 5.91 Å². The number of rotatable bonds is 12. The molecule has 6 rings (SSSR count). The molecule has 1 aliphatic rings. The summed E-state index contributed by atoms with van der Waals surface area (Å²) >= 11 is 1.54. The van der Waals surface area contributed by atoms with Crippen LogP contribution < -0.4 is 5.32 Å². The maximum atomic E-state index is 13.8. The molecule has 5 aromatic rings. The number of hydrogen-bond acceptors (Lipinski definition) is 4. The second-order valence-electron chi connectivity index (χ2n) is 11.7. The smallest absolute Gasteiger partial charge is 0.264 e.